The molecule has 29 heavy (non-hydrogen) atoms. The van der Waals surface area contributed by atoms with Crippen molar-refractivity contribution in [3.8, 4) is 11.5 Å². The van der Waals surface area contributed by atoms with Gasteiger partial charge in [0, 0.05) is 6.42 Å². The Kier molecular flexibility index (Phi) is 7.00. The van der Waals surface area contributed by atoms with Crippen LogP contribution in [0.15, 0.2) is 78.9 Å². The standard InChI is InChI=1S/C24H22O5/c1-27-21-11-7-19(8-12-21)17-23(25)29-22-13-9-20(10-14-22)24(26)28-16-15-18-5-3-2-4-6-18/h2-14H,15-17H2,1H3. The molecule has 0 spiro atoms. The van der Waals surface area contributed by atoms with Gasteiger partial charge in [-0.05, 0) is 47.5 Å². The lowest BCUT2D eigenvalue weighted by atomic mass is 10.1. The van der Waals surface area contributed by atoms with Gasteiger partial charge in [0.1, 0.15) is 11.5 Å². The second kappa shape index (κ2) is 10.1. The molecule has 3 aromatic rings. The molecule has 0 saturated carbocycles. The van der Waals surface area contributed by atoms with Crippen LogP contribution in [0.3, 0.4) is 0 Å². The van der Waals surface area contributed by atoms with Crippen LogP contribution in [0.1, 0.15) is 21.5 Å². The van der Waals surface area contributed by atoms with Crippen LogP contribution < -0.4 is 9.47 Å². The number of methoxy groups -OCH3 is 1. The smallest absolute Gasteiger partial charge is 0.338 e. The van der Waals surface area contributed by atoms with E-state index in [1.807, 2.05) is 42.5 Å². The number of carbonyl (C=O) groups excluding carboxylic acids is 2. The Balaban J connectivity index is 1.47. The molecule has 0 aliphatic rings. The molecule has 3 rings (SSSR count). The fourth-order valence-corrected chi connectivity index (χ4v) is 2.73. The van der Waals surface area contributed by atoms with Crippen molar-refractivity contribution < 1.29 is 23.8 Å². The molecule has 0 atom stereocenters. The van der Waals surface area contributed by atoms with Crippen LogP contribution in [0.5, 0.6) is 11.5 Å². The van der Waals surface area contributed by atoms with E-state index in [1.165, 1.54) is 0 Å². The summed E-state index contributed by atoms with van der Waals surface area (Å²) in [5.74, 6) is 0.322. The van der Waals surface area contributed by atoms with Gasteiger partial charge in [-0.15, -0.1) is 0 Å². The molecule has 0 aliphatic heterocycles. The van der Waals surface area contributed by atoms with Crippen molar-refractivity contribution in [3.63, 3.8) is 0 Å². The van der Waals surface area contributed by atoms with Gasteiger partial charge in [-0.1, -0.05) is 42.5 Å². The summed E-state index contributed by atoms with van der Waals surface area (Å²) in [5.41, 5.74) is 2.35. The molecular formula is C24H22O5. The lowest BCUT2D eigenvalue weighted by Crippen LogP contribution is -2.12. The second-order valence-corrected chi connectivity index (χ2v) is 6.39. The van der Waals surface area contributed by atoms with Crippen LogP contribution in [-0.2, 0) is 22.4 Å². The monoisotopic (exact) mass is 390 g/mol. The van der Waals surface area contributed by atoms with Crippen molar-refractivity contribution >= 4 is 11.9 Å². The molecule has 0 heterocycles. The summed E-state index contributed by atoms with van der Waals surface area (Å²) in [4.78, 5) is 24.2. The molecule has 0 radical (unpaired) electrons. The predicted molar refractivity (Wildman–Crippen MR) is 109 cm³/mol. The van der Waals surface area contributed by atoms with Gasteiger partial charge in [-0.25, -0.2) is 4.79 Å². The third kappa shape index (κ3) is 6.21. The van der Waals surface area contributed by atoms with Crippen LogP contribution in [0.4, 0.5) is 0 Å². The zero-order valence-corrected chi connectivity index (χ0v) is 16.2. The first-order valence-corrected chi connectivity index (χ1v) is 9.29. The number of hydrogen-bond donors (Lipinski definition) is 0. The predicted octanol–water partition coefficient (Wildman–Crippen LogP) is 4.24. The van der Waals surface area contributed by atoms with E-state index in [0.29, 0.717) is 24.3 Å². The minimum absolute atomic E-state index is 0.146. The highest BCUT2D eigenvalue weighted by molar-refractivity contribution is 5.89. The highest BCUT2D eigenvalue weighted by Gasteiger charge is 2.10. The van der Waals surface area contributed by atoms with Crippen molar-refractivity contribution in [1.82, 2.24) is 0 Å². The van der Waals surface area contributed by atoms with Gasteiger partial charge in [0.05, 0.1) is 25.7 Å². The third-order valence-electron chi connectivity index (χ3n) is 4.30. The number of ether oxygens (including phenoxy) is 3. The average Bonchev–Trinajstić information content (AvgIpc) is 2.75. The first-order valence-electron chi connectivity index (χ1n) is 9.29. The van der Waals surface area contributed by atoms with Crippen LogP contribution in [-0.4, -0.2) is 25.7 Å². The maximum absolute atomic E-state index is 12.1. The van der Waals surface area contributed by atoms with E-state index in [1.54, 1.807) is 43.5 Å². The maximum atomic E-state index is 12.1. The molecule has 0 unspecified atom stereocenters. The topological polar surface area (TPSA) is 61.8 Å². The first-order chi connectivity index (χ1) is 14.1. The summed E-state index contributed by atoms with van der Waals surface area (Å²) < 4.78 is 15.7. The second-order valence-electron chi connectivity index (χ2n) is 6.39. The summed E-state index contributed by atoms with van der Waals surface area (Å²) in [6.07, 6.45) is 0.806. The molecule has 3 aromatic carbocycles. The Morgan fingerprint density at radius 1 is 0.759 bits per heavy atom. The van der Waals surface area contributed by atoms with E-state index >= 15 is 0 Å². The summed E-state index contributed by atoms with van der Waals surface area (Å²) in [5, 5.41) is 0. The number of benzene rings is 3. The van der Waals surface area contributed by atoms with Gasteiger partial charge < -0.3 is 14.2 Å². The van der Waals surface area contributed by atoms with Gasteiger partial charge in [0.25, 0.3) is 0 Å². The van der Waals surface area contributed by atoms with Gasteiger partial charge in [0.15, 0.2) is 0 Å². The molecule has 0 amide bonds. The lowest BCUT2D eigenvalue weighted by Gasteiger charge is -2.07. The highest BCUT2D eigenvalue weighted by atomic mass is 16.5. The number of hydrogen-bond acceptors (Lipinski definition) is 5. The zero-order chi connectivity index (χ0) is 20.5. The Bertz CT molecular complexity index is 931. The van der Waals surface area contributed by atoms with Crippen LogP contribution in [0, 0.1) is 0 Å². The van der Waals surface area contributed by atoms with E-state index in [0.717, 1.165) is 16.9 Å². The third-order valence-corrected chi connectivity index (χ3v) is 4.30. The van der Waals surface area contributed by atoms with Crippen molar-refractivity contribution in [3.05, 3.63) is 95.6 Å². The Hall–Kier alpha value is -3.60. The first kappa shape index (κ1) is 20.1. The van der Waals surface area contributed by atoms with E-state index in [-0.39, 0.29) is 12.4 Å². The zero-order valence-electron chi connectivity index (χ0n) is 16.2. The quantitative estimate of drug-likeness (QED) is 0.425. The Labute approximate surface area is 169 Å². The lowest BCUT2D eigenvalue weighted by molar-refractivity contribution is -0.133. The fraction of sp³-hybridized carbons (Fsp3) is 0.167. The highest BCUT2D eigenvalue weighted by Crippen LogP contribution is 2.16. The molecule has 0 saturated heterocycles. The van der Waals surface area contributed by atoms with Crippen molar-refractivity contribution in [2.45, 2.75) is 12.8 Å². The van der Waals surface area contributed by atoms with Gasteiger partial charge >= 0.3 is 11.9 Å². The minimum Gasteiger partial charge on any atom is -0.497 e. The van der Waals surface area contributed by atoms with Crippen molar-refractivity contribution in [2.24, 2.45) is 0 Å². The Morgan fingerprint density at radius 3 is 2.07 bits per heavy atom. The van der Waals surface area contributed by atoms with E-state index in [2.05, 4.69) is 0 Å². The van der Waals surface area contributed by atoms with Crippen molar-refractivity contribution in [2.75, 3.05) is 13.7 Å². The van der Waals surface area contributed by atoms with Gasteiger partial charge in [-0.2, -0.15) is 0 Å². The van der Waals surface area contributed by atoms with E-state index < -0.39 is 5.97 Å². The molecule has 0 aromatic heterocycles. The average molecular weight is 390 g/mol. The van der Waals surface area contributed by atoms with Crippen LogP contribution in [0.25, 0.3) is 0 Å². The molecule has 5 heteroatoms. The number of rotatable bonds is 8. The fourth-order valence-electron chi connectivity index (χ4n) is 2.73. The molecule has 0 bridgehead atoms. The van der Waals surface area contributed by atoms with Crippen LogP contribution >= 0.6 is 0 Å². The van der Waals surface area contributed by atoms with Gasteiger partial charge in [0.2, 0.25) is 0 Å². The molecule has 5 nitrogen and oxygen atoms in total. The van der Waals surface area contributed by atoms with E-state index in [4.69, 9.17) is 14.2 Å². The number of esters is 2. The summed E-state index contributed by atoms with van der Waals surface area (Å²) >= 11 is 0. The minimum atomic E-state index is -0.406. The maximum Gasteiger partial charge on any atom is 0.338 e. The summed E-state index contributed by atoms with van der Waals surface area (Å²) in [7, 11) is 1.59. The molecule has 148 valence electrons. The largest absolute Gasteiger partial charge is 0.497 e. The van der Waals surface area contributed by atoms with Crippen LogP contribution in [0.2, 0.25) is 0 Å². The summed E-state index contributed by atoms with van der Waals surface area (Å²) in [6.45, 7) is 0.307. The Morgan fingerprint density at radius 2 is 1.41 bits per heavy atom. The van der Waals surface area contributed by atoms with Crippen molar-refractivity contribution in [1.29, 1.82) is 0 Å². The normalized spacial score (nSPS) is 10.2. The summed E-state index contributed by atoms with van der Waals surface area (Å²) in [6, 6.07) is 23.4. The molecular weight excluding hydrogens is 368 g/mol. The molecule has 0 N–H and O–H groups in total. The van der Waals surface area contributed by atoms with Gasteiger partial charge in [-0.3, -0.25) is 4.79 Å². The SMILES string of the molecule is COc1ccc(CC(=O)Oc2ccc(C(=O)OCCc3ccccc3)cc2)cc1. The molecule has 0 fully saturated rings. The van der Waals surface area contributed by atoms with E-state index in [9.17, 15) is 9.59 Å². The number of carbonyl (C=O) groups is 2. The molecule has 0 aliphatic carbocycles.